The number of carbonyl (C=O) groups excluding carboxylic acids is 1. The number of anilines is 1. The molecule has 0 saturated heterocycles. The molecule has 0 bridgehead atoms. The molecule has 0 aliphatic carbocycles. The lowest BCUT2D eigenvalue weighted by atomic mass is 9.87. The van der Waals surface area contributed by atoms with Crippen LogP contribution in [0.3, 0.4) is 0 Å². The second-order valence-electron chi connectivity index (χ2n) is 7.85. The predicted octanol–water partition coefficient (Wildman–Crippen LogP) is 3.42. The van der Waals surface area contributed by atoms with Gasteiger partial charge in [0.05, 0.1) is 11.4 Å². The maximum absolute atomic E-state index is 12.2. The Morgan fingerprint density at radius 3 is 2.22 bits per heavy atom. The molecule has 146 valence electrons. The highest BCUT2D eigenvalue weighted by atomic mass is 32.2. The summed E-state index contributed by atoms with van der Waals surface area (Å²) in [6.45, 7) is 9.07. The van der Waals surface area contributed by atoms with Gasteiger partial charge < -0.3 is 10.6 Å². The molecule has 6 heteroatoms. The molecule has 0 saturated carbocycles. The standard InChI is InChI=1S/C21H28N2O3S/c1-15-6-11-18(27(5,25)26)12-19(15)23-20(24)14-22-13-16-7-9-17(10-8-16)21(2,3)4/h6-12,22H,13-14H2,1-5H3,(H,23,24). The quantitative estimate of drug-likeness (QED) is 0.795. The molecular weight excluding hydrogens is 360 g/mol. The highest BCUT2D eigenvalue weighted by molar-refractivity contribution is 7.90. The van der Waals surface area contributed by atoms with Crippen molar-refractivity contribution in [3.63, 3.8) is 0 Å². The first-order valence-corrected chi connectivity index (χ1v) is 10.8. The molecule has 0 unspecified atom stereocenters. The number of hydrogen-bond acceptors (Lipinski definition) is 4. The molecule has 0 aliphatic rings. The van der Waals surface area contributed by atoms with Crippen molar-refractivity contribution in [2.24, 2.45) is 0 Å². The van der Waals surface area contributed by atoms with Crippen molar-refractivity contribution in [2.45, 2.75) is 44.6 Å². The van der Waals surface area contributed by atoms with Crippen LogP contribution in [0, 0.1) is 6.92 Å². The molecule has 0 spiro atoms. The zero-order valence-electron chi connectivity index (χ0n) is 16.6. The maximum Gasteiger partial charge on any atom is 0.238 e. The number of amides is 1. The topological polar surface area (TPSA) is 75.3 Å². The number of rotatable bonds is 6. The summed E-state index contributed by atoms with van der Waals surface area (Å²) in [5, 5.41) is 5.89. The van der Waals surface area contributed by atoms with E-state index in [0.717, 1.165) is 17.4 Å². The summed E-state index contributed by atoms with van der Waals surface area (Å²) in [5.74, 6) is -0.213. The molecular formula is C21H28N2O3S. The molecule has 1 amide bonds. The average Bonchev–Trinajstić information content (AvgIpc) is 2.55. The molecule has 2 N–H and O–H groups in total. The fourth-order valence-corrected chi connectivity index (χ4v) is 3.25. The van der Waals surface area contributed by atoms with Crippen molar-refractivity contribution in [1.29, 1.82) is 0 Å². The Morgan fingerprint density at radius 2 is 1.67 bits per heavy atom. The van der Waals surface area contributed by atoms with Gasteiger partial charge in [-0.3, -0.25) is 4.79 Å². The lowest BCUT2D eigenvalue weighted by molar-refractivity contribution is -0.115. The first kappa shape index (κ1) is 21.1. The Balaban J connectivity index is 1.92. The highest BCUT2D eigenvalue weighted by Crippen LogP contribution is 2.22. The lowest BCUT2D eigenvalue weighted by Gasteiger charge is -2.19. The minimum Gasteiger partial charge on any atom is -0.325 e. The second kappa shape index (κ2) is 8.23. The Bertz CT molecular complexity index is 911. The second-order valence-corrected chi connectivity index (χ2v) is 9.86. The monoisotopic (exact) mass is 388 g/mol. The Morgan fingerprint density at radius 1 is 1.04 bits per heavy atom. The molecule has 27 heavy (non-hydrogen) atoms. The van der Waals surface area contributed by atoms with Gasteiger partial charge in [-0.2, -0.15) is 0 Å². The largest absolute Gasteiger partial charge is 0.325 e. The van der Waals surface area contributed by atoms with Gasteiger partial charge in [0.15, 0.2) is 9.84 Å². The fourth-order valence-electron chi connectivity index (χ4n) is 2.60. The van der Waals surface area contributed by atoms with Crippen LogP contribution in [-0.4, -0.2) is 27.1 Å². The van der Waals surface area contributed by atoms with E-state index in [4.69, 9.17) is 0 Å². The molecule has 2 aromatic rings. The normalized spacial score (nSPS) is 12.0. The van der Waals surface area contributed by atoms with Gasteiger partial charge in [0, 0.05) is 18.5 Å². The summed E-state index contributed by atoms with van der Waals surface area (Å²) in [7, 11) is -3.31. The van der Waals surface area contributed by atoms with E-state index in [-0.39, 0.29) is 22.8 Å². The summed E-state index contributed by atoms with van der Waals surface area (Å²) in [6, 6.07) is 13.1. The summed E-state index contributed by atoms with van der Waals surface area (Å²) in [4.78, 5) is 12.4. The van der Waals surface area contributed by atoms with Crippen LogP contribution < -0.4 is 10.6 Å². The highest BCUT2D eigenvalue weighted by Gasteiger charge is 2.13. The van der Waals surface area contributed by atoms with Crippen LogP contribution in [0.2, 0.25) is 0 Å². The SMILES string of the molecule is Cc1ccc(S(C)(=O)=O)cc1NC(=O)CNCc1ccc(C(C)(C)C)cc1. The Kier molecular flexibility index (Phi) is 6.44. The Hall–Kier alpha value is -2.18. The van der Waals surface area contributed by atoms with E-state index in [1.807, 2.05) is 6.92 Å². The molecule has 0 aliphatic heterocycles. The molecule has 0 radical (unpaired) electrons. The fraction of sp³-hybridized carbons (Fsp3) is 0.381. The number of carbonyl (C=O) groups is 1. The van der Waals surface area contributed by atoms with Crippen LogP contribution in [0.5, 0.6) is 0 Å². The van der Waals surface area contributed by atoms with Crippen LogP contribution >= 0.6 is 0 Å². The van der Waals surface area contributed by atoms with Crippen LogP contribution in [0.4, 0.5) is 5.69 Å². The van der Waals surface area contributed by atoms with E-state index in [1.165, 1.54) is 11.6 Å². The van der Waals surface area contributed by atoms with E-state index in [1.54, 1.807) is 12.1 Å². The van der Waals surface area contributed by atoms with Crippen LogP contribution in [0.25, 0.3) is 0 Å². The minimum absolute atomic E-state index is 0.115. The first-order chi connectivity index (χ1) is 12.5. The lowest BCUT2D eigenvalue weighted by Crippen LogP contribution is -2.28. The van der Waals surface area contributed by atoms with Crippen LogP contribution in [0.1, 0.15) is 37.5 Å². The zero-order valence-corrected chi connectivity index (χ0v) is 17.4. The third-order valence-corrected chi connectivity index (χ3v) is 5.46. The molecule has 0 heterocycles. The summed E-state index contributed by atoms with van der Waals surface area (Å²) in [6.07, 6.45) is 1.15. The van der Waals surface area contributed by atoms with Crippen molar-refractivity contribution in [3.05, 3.63) is 59.2 Å². The van der Waals surface area contributed by atoms with E-state index in [9.17, 15) is 13.2 Å². The van der Waals surface area contributed by atoms with Crippen molar-refractivity contribution in [1.82, 2.24) is 5.32 Å². The zero-order chi connectivity index (χ0) is 20.2. The average molecular weight is 389 g/mol. The van der Waals surface area contributed by atoms with Crippen molar-refractivity contribution >= 4 is 21.4 Å². The van der Waals surface area contributed by atoms with Gasteiger partial charge in [-0.1, -0.05) is 51.1 Å². The van der Waals surface area contributed by atoms with E-state index < -0.39 is 9.84 Å². The van der Waals surface area contributed by atoms with Crippen molar-refractivity contribution in [2.75, 3.05) is 18.1 Å². The van der Waals surface area contributed by atoms with Gasteiger partial charge in [0.25, 0.3) is 0 Å². The number of nitrogens with one attached hydrogen (secondary N) is 2. The Labute approximate surface area is 162 Å². The third kappa shape index (κ3) is 6.19. The van der Waals surface area contributed by atoms with Crippen LogP contribution in [-0.2, 0) is 26.6 Å². The molecule has 0 atom stereocenters. The molecule has 0 aromatic heterocycles. The first-order valence-electron chi connectivity index (χ1n) is 8.87. The molecule has 0 fully saturated rings. The van der Waals surface area contributed by atoms with Gasteiger partial charge in [-0.05, 0) is 41.2 Å². The van der Waals surface area contributed by atoms with Gasteiger partial charge in [-0.25, -0.2) is 8.42 Å². The van der Waals surface area contributed by atoms with Crippen molar-refractivity contribution < 1.29 is 13.2 Å². The number of sulfone groups is 1. The number of hydrogen-bond donors (Lipinski definition) is 2. The smallest absolute Gasteiger partial charge is 0.238 e. The summed E-state index contributed by atoms with van der Waals surface area (Å²) >= 11 is 0. The number of aryl methyl sites for hydroxylation is 1. The van der Waals surface area contributed by atoms with Crippen LogP contribution in [0.15, 0.2) is 47.4 Å². The summed E-state index contributed by atoms with van der Waals surface area (Å²) in [5.41, 5.74) is 3.81. The molecule has 5 nitrogen and oxygen atoms in total. The van der Waals surface area contributed by atoms with E-state index >= 15 is 0 Å². The molecule has 2 aromatic carbocycles. The number of benzene rings is 2. The van der Waals surface area contributed by atoms with Gasteiger partial charge in [0.2, 0.25) is 5.91 Å². The van der Waals surface area contributed by atoms with E-state index in [2.05, 4.69) is 55.7 Å². The van der Waals surface area contributed by atoms with E-state index in [0.29, 0.717) is 12.2 Å². The van der Waals surface area contributed by atoms with Gasteiger partial charge >= 0.3 is 0 Å². The maximum atomic E-state index is 12.2. The van der Waals surface area contributed by atoms with Gasteiger partial charge in [-0.15, -0.1) is 0 Å². The van der Waals surface area contributed by atoms with Crippen molar-refractivity contribution in [3.8, 4) is 0 Å². The summed E-state index contributed by atoms with van der Waals surface area (Å²) < 4.78 is 23.3. The third-order valence-electron chi connectivity index (χ3n) is 4.35. The predicted molar refractivity (Wildman–Crippen MR) is 110 cm³/mol. The minimum atomic E-state index is -3.31. The molecule has 2 rings (SSSR count). The van der Waals surface area contributed by atoms with Gasteiger partial charge in [0.1, 0.15) is 0 Å².